The summed E-state index contributed by atoms with van der Waals surface area (Å²) in [5, 5.41) is 0.612. The average Bonchev–Trinajstić information content (AvgIpc) is 2.95. The predicted molar refractivity (Wildman–Crippen MR) is 82.3 cm³/mol. The van der Waals surface area contributed by atoms with Gasteiger partial charge in [0.25, 0.3) is 0 Å². The molecule has 0 bridgehead atoms. The van der Waals surface area contributed by atoms with E-state index in [9.17, 15) is 4.79 Å². The molecule has 2 heterocycles. The number of carbonyl (C=O) groups excluding carboxylic acids is 1. The van der Waals surface area contributed by atoms with Crippen molar-refractivity contribution in [3.63, 3.8) is 0 Å². The number of rotatable bonds is 4. The van der Waals surface area contributed by atoms with Crippen LogP contribution >= 0.6 is 11.6 Å². The highest BCUT2D eigenvalue weighted by Crippen LogP contribution is 2.19. The summed E-state index contributed by atoms with van der Waals surface area (Å²) in [5.41, 5.74) is 1.66. The average molecular weight is 317 g/mol. The smallest absolute Gasteiger partial charge is 0.341 e. The summed E-state index contributed by atoms with van der Waals surface area (Å²) in [4.78, 5) is 16.2. The fourth-order valence-electron chi connectivity index (χ4n) is 2.12. The van der Waals surface area contributed by atoms with Crippen LogP contribution in [0.15, 0.2) is 48.8 Å². The lowest BCUT2D eigenvalue weighted by Crippen LogP contribution is -2.03. The van der Waals surface area contributed by atoms with Gasteiger partial charge in [0.05, 0.1) is 12.8 Å². The molecule has 1 aromatic carbocycles. The van der Waals surface area contributed by atoms with Gasteiger partial charge in [-0.15, -0.1) is 0 Å². The molecule has 0 saturated heterocycles. The first-order valence-corrected chi connectivity index (χ1v) is 6.98. The van der Waals surface area contributed by atoms with E-state index in [1.807, 2.05) is 24.5 Å². The van der Waals surface area contributed by atoms with Crippen LogP contribution in [0.3, 0.4) is 0 Å². The number of carbonyl (C=O) groups is 1. The first-order valence-electron chi connectivity index (χ1n) is 6.60. The number of pyridine rings is 1. The van der Waals surface area contributed by atoms with Crippen molar-refractivity contribution in [1.29, 1.82) is 0 Å². The van der Waals surface area contributed by atoms with Gasteiger partial charge < -0.3 is 13.9 Å². The Bertz CT molecular complexity index is 829. The van der Waals surface area contributed by atoms with Crippen molar-refractivity contribution in [2.45, 2.75) is 6.61 Å². The second-order valence-electron chi connectivity index (χ2n) is 4.62. The van der Waals surface area contributed by atoms with Crippen molar-refractivity contribution in [1.82, 2.24) is 9.38 Å². The van der Waals surface area contributed by atoms with Gasteiger partial charge in [0.1, 0.15) is 17.9 Å². The maximum atomic E-state index is 11.7. The molecule has 2 aromatic heterocycles. The number of aromatic nitrogens is 2. The molecule has 0 aliphatic heterocycles. The third-order valence-corrected chi connectivity index (χ3v) is 3.36. The van der Waals surface area contributed by atoms with Crippen molar-refractivity contribution in [2.24, 2.45) is 0 Å². The van der Waals surface area contributed by atoms with Crippen molar-refractivity contribution >= 4 is 23.2 Å². The molecule has 0 fully saturated rings. The molecule has 0 amide bonds. The molecule has 112 valence electrons. The Hall–Kier alpha value is -2.53. The molecular formula is C16H13ClN2O3. The largest absolute Gasteiger partial charge is 0.487 e. The Balaban J connectivity index is 1.85. The van der Waals surface area contributed by atoms with Crippen molar-refractivity contribution < 1.29 is 14.3 Å². The number of hydrogen-bond donors (Lipinski definition) is 0. The first kappa shape index (κ1) is 14.4. The maximum Gasteiger partial charge on any atom is 0.341 e. The summed E-state index contributed by atoms with van der Waals surface area (Å²) in [6.07, 6.45) is 3.63. The predicted octanol–water partition coefficient (Wildman–Crippen LogP) is 3.35. The highest BCUT2D eigenvalue weighted by atomic mass is 35.5. The van der Waals surface area contributed by atoms with Gasteiger partial charge in [-0.3, -0.25) is 0 Å². The number of nitrogens with zero attached hydrogens (tertiary/aromatic N) is 2. The van der Waals surface area contributed by atoms with Crippen molar-refractivity contribution in [3.8, 4) is 5.75 Å². The van der Waals surface area contributed by atoms with Gasteiger partial charge in [-0.25, -0.2) is 9.78 Å². The number of halogens is 1. The molecule has 6 heteroatoms. The minimum absolute atomic E-state index is 0.280. The van der Waals surface area contributed by atoms with Gasteiger partial charge in [0.2, 0.25) is 0 Å². The Labute approximate surface area is 132 Å². The molecule has 5 nitrogen and oxygen atoms in total. The quantitative estimate of drug-likeness (QED) is 0.693. The van der Waals surface area contributed by atoms with E-state index in [0.29, 0.717) is 27.7 Å². The van der Waals surface area contributed by atoms with E-state index < -0.39 is 5.97 Å². The summed E-state index contributed by atoms with van der Waals surface area (Å²) in [5.74, 6) is 0.247. The third kappa shape index (κ3) is 2.89. The van der Waals surface area contributed by atoms with Crippen molar-refractivity contribution in [3.05, 3.63) is 65.1 Å². The number of ether oxygens (including phenoxy) is 2. The van der Waals surface area contributed by atoms with Gasteiger partial charge in [0.15, 0.2) is 5.65 Å². The zero-order chi connectivity index (χ0) is 15.5. The van der Waals surface area contributed by atoms with Crippen LogP contribution in [-0.4, -0.2) is 22.5 Å². The molecule has 0 unspecified atom stereocenters. The van der Waals surface area contributed by atoms with Crippen LogP contribution in [0, 0.1) is 0 Å². The van der Waals surface area contributed by atoms with Gasteiger partial charge in [0, 0.05) is 17.4 Å². The number of benzene rings is 1. The van der Waals surface area contributed by atoms with E-state index >= 15 is 0 Å². The Morgan fingerprint density at radius 3 is 2.95 bits per heavy atom. The molecule has 0 N–H and O–H groups in total. The minimum atomic E-state index is -0.418. The SMILES string of the molecule is COC(=O)c1cccn2cc(COc3cccc(Cl)c3)nc12. The van der Waals surface area contributed by atoms with E-state index in [1.165, 1.54) is 7.11 Å². The fraction of sp³-hybridized carbons (Fsp3) is 0.125. The summed E-state index contributed by atoms with van der Waals surface area (Å²) < 4.78 is 12.2. The lowest BCUT2D eigenvalue weighted by molar-refractivity contribution is 0.0602. The van der Waals surface area contributed by atoms with Crippen LogP contribution < -0.4 is 4.74 Å². The molecule has 0 saturated carbocycles. The van der Waals surface area contributed by atoms with Gasteiger partial charge >= 0.3 is 5.97 Å². The van der Waals surface area contributed by atoms with Gasteiger partial charge in [-0.1, -0.05) is 17.7 Å². The van der Waals surface area contributed by atoms with Crippen LogP contribution in [0.4, 0.5) is 0 Å². The molecule has 0 atom stereocenters. The molecule has 3 rings (SSSR count). The number of methoxy groups -OCH3 is 1. The van der Waals surface area contributed by atoms with Gasteiger partial charge in [-0.05, 0) is 30.3 Å². The zero-order valence-electron chi connectivity index (χ0n) is 11.8. The maximum absolute atomic E-state index is 11.7. The Morgan fingerprint density at radius 1 is 1.32 bits per heavy atom. The topological polar surface area (TPSA) is 52.8 Å². The Morgan fingerprint density at radius 2 is 2.18 bits per heavy atom. The van der Waals surface area contributed by atoms with Gasteiger partial charge in [-0.2, -0.15) is 0 Å². The standard InChI is InChI=1S/C16H13ClN2O3/c1-21-16(20)14-6-3-7-19-9-12(18-15(14)19)10-22-13-5-2-4-11(17)8-13/h2-9H,10H2,1H3. The zero-order valence-corrected chi connectivity index (χ0v) is 12.6. The molecule has 0 aliphatic rings. The van der Waals surface area contributed by atoms with E-state index in [0.717, 1.165) is 0 Å². The second kappa shape index (κ2) is 6.07. The first-order chi connectivity index (χ1) is 10.7. The summed E-state index contributed by atoms with van der Waals surface area (Å²) in [6, 6.07) is 10.6. The van der Waals surface area contributed by atoms with Crippen LogP contribution in [-0.2, 0) is 11.3 Å². The van der Waals surface area contributed by atoms with Crippen LogP contribution in [0.5, 0.6) is 5.75 Å². The van der Waals surface area contributed by atoms with Crippen LogP contribution in [0.2, 0.25) is 5.02 Å². The molecule has 0 aliphatic carbocycles. The monoisotopic (exact) mass is 316 g/mol. The molecule has 22 heavy (non-hydrogen) atoms. The normalized spacial score (nSPS) is 10.6. The third-order valence-electron chi connectivity index (χ3n) is 3.12. The van der Waals surface area contributed by atoms with E-state index in [1.54, 1.807) is 28.7 Å². The highest BCUT2D eigenvalue weighted by molar-refractivity contribution is 6.30. The van der Waals surface area contributed by atoms with Crippen molar-refractivity contribution in [2.75, 3.05) is 7.11 Å². The molecular weight excluding hydrogens is 304 g/mol. The summed E-state index contributed by atoms with van der Waals surface area (Å²) in [7, 11) is 1.35. The fourth-order valence-corrected chi connectivity index (χ4v) is 2.30. The number of esters is 1. The molecule has 0 radical (unpaired) electrons. The lowest BCUT2D eigenvalue weighted by Gasteiger charge is -2.03. The van der Waals surface area contributed by atoms with Crippen LogP contribution in [0.1, 0.15) is 16.1 Å². The summed E-state index contributed by atoms with van der Waals surface area (Å²) >= 11 is 5.91. The number of fused-ring (bicyclic) bond motifs is 1. The number of imidazole rings is 1. The lowest BCUT2D eigenvalue weighted by atomic mass is 10.3. The number of hydrogen-bond acceptors (Lipinski definition) is 4. The second-order valence-corrected chi connectivity index (χ2v) is 5.06. The highest BCUT2D eigenvalue weighted by Gasteiger charge is 2.13. The van der Waals surface area contributed by atoms with E-state index in [-0.39, 0.29) is 6.61 Å². The summed E-state index contributed by atoms with van der Waals surface area (Å²) in [6.45, 7) is 0.280. The van der Waals surface area contributed by atoms with E-state index in [2.05, 4.69) is 4.98 Å². The van der Waals surface area contributed by atoms with E-state index in [4.69, 9.17) is 21.1 Å². The minimum Gasteiger partial charge on any atom is -0.487 e. The van der Waals surface area contributed by atoms with Crippen LogP contribution in [0.25, 0.3) is 5.65 Å². The molecule has 0 spiro atoms. The Kier molecular flexibility index (Phi) is 3.98. The molecule has 3 aromatic rings.